The van der Waals surface area contributed by atoms with E-state index in [2.05, 4.69) is 4.98 Å². The van der Waals surface area contributed by atoms with E-state index >= 15 is 0 Å². The molecule has 2 aliphatic rings. The second-order valence-electron chi connectivity index (χ2n) is 7.45. The molecule has 0 radical (unpaired) electrons. The number of aliphatic hydroxyl groups excluding tert-OH is 1. The number of anilines is 1. The van der Waals surface area contributed by atoms with Gasteiger partial charge in [0, 0.05) is 10.4 Å². The number of rotatable bonds is 4. The number of esters is 1. The van der Waals surface area contributed by atoms with Gasteiger partial charge < -0.3 is 19.3 Å². The first-order valence-corrected chi connectivity index (χ1v) is 11.9. The number of hydrogen-bond donors (Lipinski definition) is 1. The Balaban J connectivity index is 1.65. The predicted octanol–water partition coefficient (Wildman–Crippen LogP) is 3.70. The lowest BCUT2D eigenvalue weighted by atomic mass is 9.99. The second-order valence-corrected chi connectivity index (χ2v) is 9.40. The van der Waals surface area contributed by atoms with Crippen LogP contribution in [0.5, 0.6) is 11.5 Å². The van der Waals surface area contributed by atoms with Crippen LogP contribution in [0.1, 0.15) is 31.8 Å². The van der Waals surface area contributed by atoms with Gasteiger partial charge in [0.15, 0.2) is 16.6 Å². The van der Waals surface area contributed by atoms with Crippen LogP contribution in [0, 0.1) is 6.92 Å². The van der Waals surface area contributed by atoms with Crippen molar-refractivity contribution in [2.75, 3.05) is 25.2 Å². The first-order valence-electron chi connectivity index (χ1n) is 10.2. The van der Waals surface area contributed by atoms with Gasteiger partial charge in [-0.2, -0.15) is 0 Å². The Morgan fingerprint density at radius 3 is 2.68 bits per heavy atom. The molecule has 174 valence electrons. The second kappa shape index (κ2) is 8.58. The molecule has 9 nitrogen and oxygen atoms in total. The van der Waals surface area contributed by atoms with Crippen molar-refractivity contribution < 1.29 is 33.7 Å². The summed E-state index contributed by atoms with van der Waals surface area (Å²) in [5, 5.41) is 13.2. The highest BCUT2D eigenvalue weighted by Gasteiger charge is 2.49. The van der Waals surface area contributed by atoms with Gasteiger partial charge in [-0.1, -0.05) is 17.4 Å². The normalized spacial score (nSPS) is 18.9. The lowest BCUT2D eigenvalue weighted by molar-refractivity contribution is -0.132. The molecule has 1 N–H and O–H groups in total. The maximum atomic E-state index is 13.2. The Morgan fingerprint density at radius 1 is 1.21 bits per heavy atom. The van der Waals surface area contributed by atoms with Crippen molar-refractivity contribution in [2.45, 2.75) is 13.0 Å². The number of carbonyl (C=O) groups excluding carboxylic acids is 3. The Kier molecular flexibility index (Phi) is 5.58. The van der Waals surface area contributed by atoms with Gasteiger partial charge in [0.05, 0.1) is 18.4 Å². The maximum Gasteiger partial charge on any atom is 0.350 e. The van der Waals surface area contributed by atoms with Crippen molar-refractivity contribution in [1.82, 2.24) is 4.98 Å². The van der Waals surface area contributed by atoms with Gasteiger partial charge in [-0.05, 0) is 36.6 Å². The minimum Gasteiger partial charge on any atom is -0.507 e. The first-order chi connectivity index (χ1) is 16.4. The molecule has 2 aromatic heterocycles. The number of ketones is 1. The molecule has 0 aliphatic carbocycles. The number of nitrogens with zero attached hydrogens (tertiary/aromatic N) is 2. The minimum atomic E-state index is -0.913. The number of fused-ring (bicyclic) bond motifs is 1. The standard InChI is InChI=1S/C23H18N2O7S2/c1-11-20(22(29)30-2)34-23(24-11)25-17(15-4-3-9-33-15)16(19(27)21(25)28)18(26)12-5-6-13-14(10-12)32-8-7-31-13/h3-6,9-10,17,26H,7-8H2,1-2H3. The van der Waals surface area contributed by atoms with Gasteiger partial charge in [0.1, 0.15) is 29.9 Å². The fourth-order valence-corrected chi connectivity index (χ4v) is 5.69. The van der Waals surface area contributed by atoms with Crippen LogP contribution in [0.3, 0.4) is 0 Å². The molecular formula is C23H18N2O7S2. The molecule has 1 unspecified atom stereocenters. The van der Waals surface area contributed by atoms with Gasteiger partial charge >= 0.3 is 11.9 Å². The summed E-state index contributed by atoms with van der Waals surface area (Å²) >= 11 is 2.29. The average molecular weight is 499 g/mol. The molecule has 1 atom stereocenters. The molecule has 3 aromatic rings. The summed E-state index contributed by atoms with van der Waals surface area (Å²) in [6.45, 7) is 2.41. The van der Waals surface area contributed by atoms with E-state index in [0.717, 1.165) is 11.3 Å². The van der Waals surface area contributed by atoms with Crippen molar-refractivity contribution in [2.24, 2.45) is 0 Å². The molecule has 1 saturated heterocycles. The van der Waals surface area contributed by atoms with Gasteiger partial charge in [0.2, 0.25) is 0 Å². The molecule has 5 rings (SSSR count). The summed E-state index contributed by atoms with van der Waals surface area (Å²) in [5.41, 5.74) is 0.622. The molecule has 0 spiro atoms. The lowest BCUT2D eigenvalue weighted by Crippen LogP contribution is -2.29. The van der Waals surface area contributed by atoms with Gasteiger partial charge in [-0.15, -0.1) is 11.3 Å². The first kappa shape index (κ1) is 22.1. The molecule has 1 amide bonds. The quantitative estimate of drug-likeness (QED) is 0.251. The van der Waals surface area contributed by atoms with E-state index in [0.29, 0.717) is 40.8 Å². The number of aryl methyl sites for hydroxylation is 1. The molecule has 11 heteroatoms. The fourth-order valence-electron chi connectivity index (χ4n) is 3.86. The zero-order valence-electron chi connectivity index (χ0n) is 18.1. The lowest BCUT2D eigenvalue weighted by Gasteiger charge is -2.22. The van der Waals surface area contributed by atoms with Crippen molar-refractivity contribution in [3.63, 3.8) is 0 Å². The third kappa shape index (κ3) is 3.53. The Labute approximate surface area is 201 Å². The van der Waals surface area contributed by atoms with E-state index in [1.54, 1.807) is 37.3 Å². The molecule has 2 aliphatic heterocycles. The van der Waals surface area contributed by atoms with Crippen LogP contribution in [0.15, 0.2) is 41.3 Å². The summed E-state index contributed by atoms with van der Waals surface area (Å²) in [7, 11) is 1.26. The molecule has 0 bridgehead atoms. The number of benzene rings is 1. The van der Waals surface area contributed by atoms with Crippen LogP contribution in [-0.2, 0) is 14.3 Å². The van der Waals surface area contributed by atoms with E-state index in [9.17, 15) is 19.5 Å². The van der Waals surface area contributed by atoms with E-state index in [1.807, 2.05) is 5.38 Å². The van der Waals surface area contributed by atoms with Crippen LogP contribution >= 0.6 is 22.7 Å². The van der Waals surface area contributed by atoms with Crippen molar-refractivity contribution >= 4 is 51.2 Å². The highest BCUT2D eigenvalue weighted by molar-refractivity contribution is 7.18. The summed E-state index contributed by atoms with van der Waals surface area (Å²) in [5.74, 6) is -1.64. The number of carbonyl (C=O) groups is 3. The van der Waals surface area contributed by atoms with E-state index < -0.39 is 23.7 Å². The third-order valence-corrected chi connectivity index (χ3v) is 7.50. The van der Waals surface area contributed by atoms with Crippen molar-refractivity contribution in [3.05, 3.63) is 62.3 Å². The highest BCUT2D eigenvalue weighted by Crippen LogP contribution is 2.45. The zero-order chi connectivity index (χ0) is 24.0. The summed E-state index contributed by atoms with van der Waals surface area (Å²) < 4.78 is 15.9. The molecule has 1 aromatic carbocycles. The number of aliphatic hydroxyl groups is 1. The van der Waals surface area contributed by atoms with Gasteiger partial charge in [-0.3, -0.25) is 14.5 Å². The monoisotopic (exact) mass is 498 g/mol. The van der Waals surface area contributed by atoms with Crippen LogP contribution in [0.25, 0.3) is 5.76 Å². The smallest absolute Gasteiger partial charge is 0.350 e. The van der Waals surface area contributed by atoms with Crippen LogP contribution < -0.4 is 14.4 Å². The Morgan fingerprint density at radius 2 is 1.97 bits per heavy atom. The van der Waals surface area contributed by atoms with Crippen molar-refractivity contribution in [1.29, 1.82) is 0 Å². The third-order valence-electron chi connectivity index (χ3n) is 5.43. The highest BCUT2D eigenvalue weighted by atomic mass is 32.1. The number of amides is 1. The Hall–Kier alpha value is -3.70. The van der Waals surface area contributed by atoms with Crippen LogP contribution in [-0.4, -0.2) is 48.1 Å². The molecular weight excluding hydrogens is 480 g/mol. The van der Waals surface area contributed by atoms with Crippen molar-refractivity contribution in [3.8, 4) is 11.5 Å². The number of aromatic nitrogens is 1. The zero-order valence-corrected chi connectivity index (χ0v) is 19.7. The molecule has 0 saturated carbocycles. The number of hydrogen-bond acceptors (Lipinski definition) is 10. The van der Waals surface area contributed by atoms with E-state index in [1.165, 1.54) is 23.3 Å². The average Bonchev–Trinajstić information content (AvgIpc) is 3.57. The number of methoxy groups -OCH3 is 1. The number of Topliss-reactive ketones (excluding diaryl/α,β-unsaturated/α-hetero) is 1. The predicted molar refractivity (Wildman–Crippen MR) is 125 cm³/mol. The van der Waals surface area contributed by atoms with Crippen LogP contribution in [0.4, 0.5) is 5.13 Å². The molecule has 1 fully saturated rings. The van der Waals surface area contributed by atoms with Gasteiger partial charge in [0.25, 0.3) is 5.78 Å². The number of ether oxygens (including phenoxy) is 3. The van der Waals surface area contributed by atoms with Crippen LogP contribution in [0.2, 0.25) is 0 Å². The molecule has 4 heterocycles. The van der Waals surface area contributed by atoms with E-state index in [4.69, 9.17) is 14.2 Å². The summed E-state index contributed by atoms with van der Waals surface area (Å²) in [6.07, 6.45) is 0. The SMILES string of the molecule is COC(=O)c1sc(N2C(=O)C(=O)C(=C(O)c3ccc4c(c3)OCCO4)C2c2cccs2)nc1C. The largest absolute Gasteiger partial charge is 0.507 e. The maximum absolute atomic E-state index is 13.2. The summed E-state index contributed by atoms with van der Waals surface area (Å²) in [4.78, 5) is 45.0. The summed E-state index contributed by atoms with van der Waals surface area (Å²) in [6, 6.07) is 7.47. The van der Waals surface area contributed by atoms with Gasteiger partial charge in [-0.25, -0.2) is 9.78 Å². The topological polar surface area (TPSA) is 115 Å². The Bertz CT molecular complexity index is 1340. The minimum absolute atomic E-state index is 0.0726. The molecule has 34 heavy (non-hydrogen) atoms. The number of thiazole rings is 1. The van der Waals surface area contributed by atoms with E-state index in [-0.39, 0.29) is 21.3 Å². The number of thiophene rings is 1. The fraction of sp³-hybridized carbons (Fsp3) is 0.217.